The van der Waals surface area contributed by atoms with E-state index in [1.165, 1.54) is 0 Å². The Morgan fingerprint density at radius 2 is 1.85 bits per heavy atom. The van der Waals surface area contributed by atoms with Gasteiger partial charge in [-0.25, -0.2) is 9.18 Å². The van der Waals surface area contributed by atoms with Crippen LogP contribution in [0.25, 0.3) is 0 Å². The monoisotopic (exact) mass is 282 g/mol. The lowest BCUT2D eigenvalue weighted by atomic mass is 9.81. The van der Waals surface area contributed by atoms with E-state index in [1.807, 2.05) is 13.8 Å². The zero-order valence-electron chi connectivity index (χ0n) is 12.7. The number of aromatic carboxylic acids is 1. The number of anilines is 2. The lowest BCUT2D eigenvalue weighted by Crippen LogP contribution is -2.35. The van der Waals surface area contributed by atoms with Crippen LogP contribution in [0.1, 0.15) is 51.4 Å². The molecule has 0 fully saturated rings. The molecule has 0 atom stereocenters. The second-order valence-corrected chi connectivity index (χ2v) is 6.97. The zero-order valence-corrected chi connectivity index (χ0v) is 12.7. The third-order valence-corrected chi connectivity index (χ3v) is 2.81. The number of carboxylic acid groups (broad SMARTS) is 1. The molecule has 0 aliphatic rings. The number of nitrogen functional groups attached to an aromatic ring is 1. The maximum atomic E-state index is 13.7. The van der Waals surface area contributed by atoms with Crippen molar-refractivity contribution in [1.82, 2.24) is 0 Å². The SMILES string of the molecule is CC(C)(C)CC(C)(C)Nc1cc(F)c(C(=O)O)cc1N. The molecule has 1 aromatic rings. The van der Waals surface area contributed by atoms with Crippen LogP contribution < -0.4 is 11.1 Å². The van der Waals surface area contributed by atoms with Crippen molar-refractivity contribution in [2.75, 3.05) is 11.1 Å². The third kappa shape index (κ3) is 4.40. The van der Waals surface area contributed by atoms with Crippen LogP contribution in [0.3, 0.4) is 0 Å². The summed E-state index contributed by atoms with van der Waals surface area (Å²) in [6.45, 7) is 10.4. The number of carboxylic acids is 1. The Balaban J connectivity index is 3.04. The van der Waals surface area contributed by atoms with E-state index in [2.05, 4.69) is 26.1 Å². The molecule has 1 aromatic carbocycles. The number of hydrogen-bond acceptors (Lipinski definition) is 3. The van der Waals surface area contributed by atoms with Crippen LogP contribution in [0.5, 0.6) is 0 Å². The molecule has 1 rings (SSSR count). The molecule has 0 bridgehead atoms. The molecule has 0 aliphatic heterocycles. The summed E-state index contributed by atoms with van der Waals surface area (Å²) in [6.07, 6.45) is 0.849. The van der Waals surface area contributed by atoms with Gasteiger partial charge in [0, 0.05) is 5.54 Å². The van der Waals surface area contributed by atoms with Gasteiger partial charge in [-0.05, 0) is 37.8 Å². The Bertz CT molecular complexity index is 519. The molecule has 0 amide bonds. The molecule has 0 heterocycles. The van der Waals surface area contributed by atoms with Gasteiger partial charge in [0.1, 0.15) is 5.82 Å². The summed E-state index contributed by atoms with van der Waals surface area (Å²) in [5.41, 5.74) is 5.85. The Hall–Kier alpha value is -1.78. The molecule has 5 heteroatoms. The van der Waals surface area contributed by atoms with Crippen molar-refractivity contribution < 1.29 is 14.3 Å². The van der Waals surface area contributed by atoms with E-state index in [4.69, 9.17) is 10.8 Å². The van der Waals surface area contributed by atoms with E-state index in [1.54, 1.807) is 0 Å². The molecule has 0 aliphatic carbocycles. The van der Waals surface area contributed by atoms with Crippen LogP contribution in [0.4, 0.5) is 15.8 Å². The third-order valence-electron chi connectivity index (χ3n) is 2.81. The normalized spacial score (nSPS) is 12.3. The van der Waals surface area contributed by atoms with Gasteiger partial charge in [0.05, 0.1) is 16.9 Å². The van der Waals surface area contributed by atoms with Gasteiger partial charge in [0.2, 0.25) is 0 Å². The molecule has 0 unspecified atom stereocenters. The van der Waals surface area contributed by atoms with Crippen molar-refractivity contribution in [3.63, 3.8) is 0 Å². The number of rotatable bonds is 4. The molecule has 0 saturated heterocycles. The molecule has 20 heavy (non-hydrogen) atoms. The quantitative estimate of drug-likeness (QED) is 0.735. The van der Waals surface area contributed by atoms with Gasteiger partial charge in [-0.15, -0.1) is 0 Å². The highest BCUT2D eigenvalue weighted by atomic mass is 19.1. The summed E-state index contributed by atoms with van der Waals surface area (Å²) in [5.74, 6) is -2.12. The summed E-state index contributed by atoms with van der Waals surface area (Å²) in [6, 6.07) is 2.29. The molecular weight excluding hydrogens is 259 g/mol. The predicted molar refractivity (Wildman–Crippen MR) is 79.5 cm³/mol. The van der Waals surface area contributed by atoms with Crippen molar-refractivity contribution in [1.29, 1.82) is 0 Å². The lowest BCUT2D eigenvalue weighted by Gasteiger charge is -2.34. The average molecular weight is 282 g/mol. The minimum atomic E-state index is -1.32. The van der Waals surface area contributed by atoms with Crippen LogP contribution in [-0.4, -0.2) is 16.6 Å². The fourth-order valence-electron chi connectivity index (χ4n) is 2.60. The lowest BCUT2D eigenvalue weighted by molar-refractivity contribution is 0.0692. The molecular formula is C15H23FN2O2. The van der Waals surface area contributed by atoms with Crippen molar-refractivity contribution in [2.45, 2.75) is 46.6 Å². The van der Waals surface area contributed by atoms with Crippen LogP contribution in [0, 0.1) is 11.2 Å². The summed E-state index contributed by atoms with van der Waals surface area (Å²) < 4.78 is 13.7. The van der Waals surface area contributed by atoms with Gasteiger partial charge < -0.3 is 16.2 Å². The van der Waals surface area contributed by atoms with Gasteiger partial charge >= 0.3 is 5.97 Å². The highest BCUT2D eigenvalue weighted by Crippen LogP contribution is 2.32. The Morgan fingerprint density at radius 3 is 2.30 bits per heavy atom. The van der Waals surface area contributed by atoms with Crippen LogP contribution >= 0.6 is 0 Å². The fraction of sp³-hybridized carbons (Fsp3) is 0.533. The summed E-state index contributed by atoms with van der Waals surface area (Å²) in [7, 11) is 0. The molecule has 0 spiro atoms. The Morgan fingerprint density at radius 1 is 1.30 bits per heavy atom. The molecule has 0 aromatic heterocycles. The second-order valence-electron chi connectivity index (χ2n) is 6.97. The first-order valence-electron chi connectivity index (χ1n) is 6.52. The molecule has 4 nitrogen and oxygen atoms in total. The Labute approximate surface area is 119 Å². The second kappa shape index (κ2) is 5.31. The van der Waals surface area contributed by atoms with Crippen molar-refractivity contribution in [3.8, 4) is 0 Å². The minimum Gasteiger partial charge on any atom is -0.478 e. The molecule has 0 radical (unpaired) electrons. The molecule has 0 saturated carbocycles. The summed E-state index contributed by atoms with van der Waals surface area (Å²) >= 11 is 0. The van der Waals surface area contributed by atoms with Gasteiger partial charge in [0.25, 0.3) is 0 Å². The first-order valence-corrected chi connectivity index (χ1v) is 6.52. The summed E-state index contributed by atoms with van der Waals surface area (Å²) in [5, 5.41) is 12.0. The van der Waals surface area contributed by atoms with E-state index >= 15 is 0 Å². The Kier molecular flexibility index (Phi) is 4.32. The fourth-order valence-corrected chi connectivity index (χ4v) is 2.60. The smallest absolute Gasteiger partial charge is 0.338 e. The van der Waals surface area contributed by atoms with Crippen LogP contribution in [0.2, 0.25) is 0 Å². The molecule has 4 N–H and O–H groups in total. The molecule has 112 valence electrons. The van der Waals surface area contributed by atoms with Crippen molar-refractivity contribution >= 4 is 17.3 Å². The highest BCUT2D eigenvalue weighted by molar-refractivity contribution is 5.90. The van der Waals surface area contributed by atoms with Crippen molar-refractivity contribution in [3.05, 3.63) is 23.5 Å². The van der Waals surface area contributed by atoms with E-state index in [-0.39, 0.29) is 16.6 Å². The van der Waals surface area contributed by atoms with Crippen LogP contribution in [-0.2, 0) is 0 Å². The number of nitrogens with two attached hydrogens (primary N) is 1. The summed E-state index contributed by atoms with van der Waals surface area (Å²) in [4.78, 5) is 10.8. The van der Waals surface area contributed by atoms with Crippen molar-refractivity contribution in [2.24, 2.45) is 5.41 Å². The van der Waals surface area contributed by atoms with E-state index in [0.29, 0.717) is 5.69 Å². The number of carbonyl (C=O) groups is 1. The first kappa shape index (κ1) is 16.3. The number of nitrogens with one attached hydrogen (secondary N) is 1. The predicted octanol–water partition coefficient (Wildman–Crippen LogP) is 3.73. The highest BCUT2D eigenvalue weighted by Gasteiger charge is 2.26. The maximum Gasteiger partial charge on any atom is 0.338 e. The number of benzene rings is 1. The van der Waals surface area contributed by atoms with Gasteiger partial charge in [-0.1, -0.05) is 20.8 Å². The van der Waals surface area contributed by atoms with Gasteiger partial charge in [0.15, 0.2) is 0 Å². The van der Waals surface area contributed by atoms with E-state index < -0.39 is 17.3 Å². The largest absolute Gasteiger partial charge is 0.478 e. The van der Waals surface area contributed by atoms with E-state index in [9.17, 15) is 9.18 Å². The number of hydrogen-bond donors (Lipinski definition) is 3. The average Bonchev–Trinajstić information content (AvgIpc) is 2.18. The number of halogens is 1. The van der Waals surface area contributed by atoms with Gasteiger partial charge in [-0.3, -0.25) is 0 Å². The minimum absolute atomic E-state index is 0.102. The van der Waals surface area contributed by atoms with E-state index in [0.717, 1.165) is 18.6 Å². The zero-order chi connectivity index (χ0) is 15.7. The van der Waals surface area contributed by atoms with Gasteiger partial charge in [-0.2, -0.15) is 0 Å². The maximum absolute atomic E-state index is 13.7. The standard InChI is InChI=1S/C15H23FN2O2/c1-14(2,3)8-15(4,5)18-12-7-10(16)9(13(19)20)6-11(12)17/h6-7,18H,8,17H2,1-5H3,(H,19,20). The topological polar surface area (TPSA) is 75.3 Å². The first-order chi connectivity index (χ1) is 8.91. The van der Waals surface area contributed by atoms with Crippen LogP contribution in [0.15, 0.2) is 12.1 Å².